The molecule has 2 heterocycles. The Kier molecular flexibility index (Phi) is 10.4. The molecular weight excluding hydrogens is 530 g/mol. The van der Waals surface area contributed by atoms with E-state index >= 15 is 0 Å². The first kappa shape index (κ1) is 31.2. The Labute approximate surface area is 255 Å². The van der Waals surface area contributed by atoms with Gasteiger partial charge in [-0.15, -0.1) is 0 Å². The second-order valence-corrected chi connectivity index (χ2v) is 7.43. The molecule has 0 radical (unpaired) electrons. The number of aliphatic hydroxyl groups is 1. The van der Waals surface area contributed by atoms with Gasteiger partial charge in [0.05, 0.1) is 10.8 Å². The normalized spacial score (nSPS) is 10.6. The number of hydrogen-bond acceptors (Lipinski definition) is 11. The fourth-order valence-corrected chi connectivity index (χ4v) is 3.27. The first-order chi connectivity index (χ1) is 17.0. The van der Waals surface area contributed by atoms with Crippen molar-refractivity contribution in [1.82, 2.24) is 0 Å². The summed E-state index contributed by atoms with van der Waals surface area (Å²) >= 11 is 0. The summed E-state index contributed by atoms with van der Waals surface area (Å²) in [6.07, 6.45) is -1.31. The van der Waals surface area contributed by atoms with Crippen LogP contribution in [-0.4, -0.2) is 46.6 Å². The standard InChI is InChI=1S/C23H16O13.2Na/c24-9(7-33-10-1-12(25)20-14(27)5-18(22(29)30)35-16(20)3-10)8-34-11-2-13(26)21-15(28)6-19(23(31)32)36-17(21)4-11;;/h1-6,9,24-26H,7-8H2,(H,29,30)(H,31,32);;/q;2*+1/p-2. The first-order valence-corrected chi connectivity index (χ1v) is 10.0. The molecule has 0 saturated carbocycles. The minimum absolute atomic E-state index is 0. The molecule has 186 valence electrons. The topological polar surface area (TPSA) is 220 Å². The second-order valence-electron chi connectivity index (χ2n) is 7.43. The van der Waals surface area contributed by atoms with Crippen LogP contribution >= 0.6 is 0 Å². The molecule has 0 aliphatic heterocycles. The number of aliphatic hydroxyl groups excluding tert-OH is 1. The van der Waals surface area contributed by atoms with E-state index in [0.29, 0.717) is 12.1 Å². The molecule has 0 spiro atoms. The Hall–Kier alpha value is -3.04. The zero-order chi connectivity index (χ0) is 26.1. The average molecular weight is 544 g/mol. The Balaban J connectivity index is 0.00000253. The molecule has 0 fully saturated rings. The molecule has 0 bridgehead atoms. The molecule has 4 aromatic rings. The molecule has 0 saturated heterocycles. The molecule has 0 aliphatic rings. The Morgan fingerprint density at radius 1 is 0.737 bits per heavy atom. The van der Waals surface area contributed by atoms with Crippen molar-refractivity contribution >= 4 is 33.9 Å². The van der Waals surface area contributed by atoms with Crippen LogP contribution in [0.25, 0.3) is 21.9 Å². The number of ether oxygens (including phenoxy) is 2. The van der Waals surface area contributed by atoms with Crippen molar-refractivity contribution < 1.29 is 113 Å². The summed E-state index contributed by atoms with van der Waals surface area (Å²) in [4.78, 5) is 46.1. The van der Waals surface area contributed by atoms with Gasteiger partial charge >= 0.3 is 71.1 Å². The molecule has 0 unspecified atom stereocenters. The third kappa shape index (κ3) is 6.69. The van der Waals surface area contributed by atoms with E-state index in [-0.39, 0.29) is 92.6 Å². The molecule has 4 rings (SSSR count). The van der Waals surface area contributed by atoms with Crippen LogP contribution in [0.15, 0.2) is 54.8 Å². The Bertz CT molecular complexity index is 1520. The maximum absolute atomic E-state index is 12.2. The van der Waals surface area contributed by atoms with Crippen LogP contribution in [0.2, 0.25) is 0 Å². The number of rotatable bonds is 8. The summed E-state index contributed by atoms with van der Waals surface area (Å²) in [6.45, 7) is -0.853. The summed E-state index contributed by atoms with van der Waals surface area (Å²) < 4.78 is 20.7. The zero-order valence-electron chi connectivity index (χ0n) is 19.9. The van der Waals surface area contributed by atoms with E-state index < -0.39 is 65.1 Å². The summed E-state index contributed by atoms with van der Waals surface area (Å²) in [7, 11) is 0. The van der Waals surface area contributed by atoms with Crippen LogP contribution in [0, 0.1) is 0 Å². The maximum Gasteiger partial charge on any atom is 1.00 e. The van der Waals surface area contributed by atoms with Gasteiger partial charge in [-0.1, -0.05) is 11.5 Å². The zero-order valence-corrected chi connectivity index (χ0v) is 23.9. The van der Waals surface area contributed by atoms with Crippen molar-refractivity contribution in [2.45, 2.75) is 6.10 Å². The maximum atomic E-state index is 12.2. The van der Waals surface area contributed by atoms with Gasteiger partial charge in [-0.2, -0.15) is 0 Å². The van der Waals surface area contributed by atoms with Crippen molar-refractivity contribution in [2.24, 2.45) is 0 Å². The molecule has 38 heavy (non-hydrogen) atoms. The number of carboxylic acids is 2. The van der Waals surface area contributed by atoms with Crippen LogP contribution in [0.1, 0.15) is 21.1 Å². The molecule has 13 nitrogen and oxygen atoms in total. The van der Waals surface area contributed by atoms with Crippen molar-refractivity contribution in [1.29, 1.82) is 0 Å². The van der Waals surface area contributed by atoms with Gasteiger partial charge in [-0.05, 0) is 12.1 Å². The van der Waals surface area contributed by atoms with Gasteiger partial charge in [-0.25, -0.2) is 9.59 Å². The van der Waals surface area contributed by atoms with Gasteiger partial charge in [0.15, 0.2) is 10.9 Å². The fourth-order valence-electron chi connectivity index (χ4n) is 3.27. The predicted octanol–water partition coefficient (Wildman–Crippen LogP) is -5.73. The number of fused-ring (bicyclic) bond motifs is 2. The number of carbonyl (C=O) groups is 2. The fraction of sp³-hybridized carbons (Fsp3) is 0.130. The number of carboxylic acid groups (broad SMARTS) is 2. The predicted molar refractivity (Wildman–Crippen MR) is 115 cm³/mol. The minimum atomic E-state index is -1.51. The van der Waals surface area contributed by atoms with Gasteiger partial charge in [0.25, 0.3) is 0 Å². The van der Waals surface area contributed by atoms with E-state index in [0.717, 1.165) is 24.3 Å². The van der Waals surface area contributed by atoms with Crippen LogP contribution in [0.4, 0.5) is 0 Å². The van der Waals surface area contributed by atoms with Gasteiger partial charge in [0.2, 0.25) is 11.5 Å². The molecule has 2 aromatic carbocycles. The number of hydrogen-bond donors (Lipinski definition) is 3. The smallest absolute Gasteiger partial charge is 0.872 e. The van der Waals surface area contributed by atoms with Gasteiger partial charge < -0.3 is 43.8 Å². The summed E-state index contributed by atoms with van der Waals surface area (Å²) in [6, 6.07) is 5.52. The molecule has 3 N–H and O–H groups in total. The van der Waals surface area contributed by atoms with Crippen LogP contribution in [-0.2, 0) is 0 Å². The van der Waals surface area contributed by atoms with Gasteiger partial charge in [0, 0.05) is 24.3 Å². The van der Waals surface area contributed by atoms with E-state index in [1.54, 1.807) is 0 Å². The molecule has 15 heteroatoms. The van der Waals surface area contributed by atoms with E-state index in [1.165, 1.54) is 0 Å². The summed E-state index contributed by atoms with van der Waals surface area (Å²) in [5.41, 5.74) is -2.29. The van der Waals surface area contributed by atoms with E-state index in [2.05, 4.69) is 0 Å². The molecule has 0 aliphatic carbocycles. The van der Waals surface area contributed by atoms with Crippen LogP contribution in [0.3, 0.4) is 0 Å². The van der Waals surface area contributed by atoms with Gasteiger partial charge in [0.1, 0.15) is 42.0 Å². The number of aromatic carboxylic acids is 2. The molecule has 2 aromatic heterocycles. The summed E-state index contributed by atoms with van der Waals surface area (Å²) in [5.74, 6) is -6.14. The third-order valence-electron chi connectivity index (χ3n) is 4.84. The molecular formula is C23H14Na2O13. The van der Waals surface area contributed by atoms with E-state index in [1.807, 2.05) is 0 Å². The minimum Gasteiger partial charge on any atom is -0.872 e. The SMILES string of the molecule is O=C(O)c1cc(=O)c2c([O-])cc(OCC(O)COc3cc([O-])c4c(=O)cc(C(=O)O)oc4c3)cc2o1.[Na+].[Na+]. The molecule has 0 amide bonds. The summed E-state index contributed by atoms with van der Waals surface area (Å²) in [5, 5.41) is 51.9. The number of benzene rings is 2. The Morgan fingerprint density at radius 2 is 1.11 bits per heavy atom. The van der Waals surface area contributed by atoms with Crippen molar-refractivity contribution in [3.8, 4) is 23.0 Å². The third-order valence-corrected chi connectivity index (χ3v) is 4.84. The van der Waals surface area contributed by atoms with Crippen molar-refractivity contribution in [2.75, 3.05) is 13.2 Å². The first-order valence-electron chi connectivity index (χ1n) is 10.0. The van der Waals surface area contributed by atoms with E-state index in [4.69, 9.17) is 28.5 Å². The van der Waals surface area contributed by atoms with E-state index in [9.17, 15) is 34.5 Å². The second kappa shape index (κ2) is 12.7. The van der Waals surface area contributed by atoms with Crippen LogP contribution < -0.4 is 89.7 Å². The van der Waals surface area contributed by atoms with Gasteiger partial charge in [-0.3, -0.25) is 9.59 Å². The van der Waals surface area contributed by atoms with Crippen molar-refractivity contribution in [3.63, 3.8) is 0 Å². The molecule has 0 atom stereocenters. The average Bonchev–Trinajstić information content (AvgIpc) is 2.80. The largest absolute Gasteiger partial charge is 1.00 e. The van der Waals surface area contributed by atoms with Crippen molar-refractivity contribution in [3.05, 3.63) is 68.4 Å². The Morgan fingerprint density at radius 3 is 1.45 bits per heavy atom. The quantitative estimate of drug-likeness (QED) is 0.176. The monoisotopic (exact) mass is 544 g/mol. The van der Waals surface area contributed by atoms with Crippen LogP contribution in [0.5, 0.6) is 23.0 Å².